The molecule has 0 rings (SSSR count). The molecule has 0 radical (unpaired) electrons. The highest BCUT2D eigenvalue weighted by molar-refractivity contribution is 5.87. The summed E-state index contributed by atoms with van der Waals surface area (Å²) in [6.07, 6.45) is 52.1. The third kappa shape index (κ3) is 38.9. The largest absolute Gasteiger partial charge is 0.480 e. The number of aliphatic carboxylic acids is 1. The summed E-state index contributed by atoms with van der Waals surface area (Å²) >= 11 is 0. The van der Waals surface area contributed by atoms with Crippen LogP contribution in [-0.4, -0.2) is 59.3 Å². The van der Waals surface area contributed by atoms with Crippen LogP contribution in [0.15, 0.2) is 72.9 Å². The van der Waals surface area contributed by atoms with E-state index in [0.717, 1.165) is 103 Å². The summed E-state index contributed by atoms with van der Waals surface area (Å²) in [5, 5.41) is 22.6. The van der Waals surface area contributed by atoms with Crippen molar-refractivity contribution in [1.82, 2.24) is 10.6 Å². The molecule has 2 atom stereocenters. The Kier molecular flexibility index (Phi) is 39.2. The van der Waals surface area contributed by atoms with Gasteiger partial charge >= 0.3 is 11.9 Å². The normalized spacial score (nSPS) is 13.2. The van der Waals surface area contributed by atoms with Crippen LogP contribution in [0.1, 0.15) is 181 Å². The third-order valence-electron chi connectivity index (χ3n) is 9.45. The summed E-state index contributed by atoms with van der Waals surface area (Å²) in [5.74, 6) is -2.37. The van der Waals surface area contributed by atoms with E-state index in [2.05, 4.69) is 97.4 Å². The van der Waals surface area contributed by atoms with Crippen LogP contribution in [0.3, 0.4) is 0 Å². The van der Waals surface area contributed by atoms with Gasteiger partial charge in [0.25, 0.3) is 0 Å². The summed E-state index contributed by atoms with van der Waals surface area (Å²) in [4.78, 5) is 47.6. The Morgan fingerprint density at radius 3 is 1.60 bits per heavy atom. The van der Waals surface area contributed by atoms with Crippen molar-refractivity contribution >= 4 is 23.8 Å². The Bertz CT molecular complexity index is 1190. The number of carboxylic acids is 1. The highest BCUT2D eigenvalue weighted by atomic mass is 16.5. The lowest BCUT2D eigenvalue weighted by Gasteiger charge is -2.17. The summed E-state index contributed by atoms with van der Waals surface area (Å²) in [6, 6.07) is -1.39. The molecule has 0 fully saturated rings. The fraction of sp³-hybridized carbons (Fsp3) is 0.667. The van der Waals surface area contributed by atoms with Gasteiger partial charge < -0.3 is 25.6 Å². The van der Waals surface area contributed by atoms with Crippen molar-refractivity contribution in [3.05, 3.63) is 72.9 Å². The molecule has 0 aromatic heterocycles. The molecule has 9 nitrogen and oxygen atoms in total. The number of aliphatic hydroxyl groups excluding tert-OH is 1. The van der Waals surface area contributed by atoms with Crippen molar-refractivity contribution in [2.75, 3.05) is 13.2 Å². The molecule has 0 bridgehead atoms. The van der Waals surface area contributed by atoms with Gasteiger partial charge in [-0.3, -0.25) is 14.4 Å². The van der Waals surface area contributed by atoms with Crippen LogP contribution >= 0.6 is 0 Å². The molecule has 57 heavy (non-hydrogen) atoms. The first-order valence-corrected chi connectivity index (χ1v) is 22.3. The average molecular weight is 797 g/mol. The Morgan fingerprint density at radius 2 is 1.04 bits per heavy atom. The zero-order chi connectivity index (χ0) is 41.9. The zero-order valence-electron chi connectivity index (χ0n) is 35.8. The van der Waals surface area contributed by atoms with Gasteiger partial charge in [0, 0.05) is 12.8 Å². The number of amides is 2. The Balaban J connectivity index is 4.46. The molecular weight excluding hydrogens is 717 g/mol. The van der Waals surface area contributed by atoms with Gasteiger partial charge in [-0.25, -0.2) is 4.79 Å². The lowest BCUT2D eigenvalue weighted by atomic mass is 10.0. The SMILES string of the molecule is CC/C=C\C/C=C\C/C=C\C/C=C\CCC(CCCCCCCC(=O)NCC(=O)NC(CO)C(=O)O)OC(=O)CCCCCCC/C=C\C/C=C\CCCCCC. The molecule has 0 aliphatic carbocycles. The number of unbranched alkanes of at least 4 members (excludes halogenated alkanes) is 13. The van der Waals surface area contributed by atoms with Gasteiger partial charge in [0.1, 0.15) is 12.1 Å². The minimum absolute atomic E-state index is 0.0963. The van der Waals surface area contributed by atoms with Crippen molar-refractivity contribution in [3.8, 4) is 0 Å². The number of rotatable bonds is 39. The second kappa shape index (κ2) is 41.9. The number of carbonyl (C=O) groups excluding carboxylic acids is 3. The zero-order valence-corrected chi connectivity index (χ0v) is 35.8. The van der Waals surface area contributed by atoms with Gasteiger partial charge in [0.15, 0.2) is 0 Å². The topological polar surface area (TPSA) is 142 Å². The van der Waals surface area contributed by atoms with Crippen molar-refractivity contribution in [3.63, 3.8) is 0 Å². The van der Waals surface area contributed by atoms with E-state index in [1.54, 1.807) is 0 Å². The molecule has 4 N–H and O–H groups in total. The van der Waals surface area contributed by atoms with Gasteiger partial charge in [0.2, 0.25) is 11.8 Å². The molecule has 0 heterocycles. The van der Waals surface area contributed by atoms with Gasteiger partial charge in [-0.15, -0.1) is 0 Å². The molecule has 324 valence electrons. The Hall–Kier alpha value is -3.72. The first kappa shape index (κ1) is 53.3. The molecule has 0 saturated carbocycles. The molecule has 0 aromatic carbocycles. The standard InChI is InChI=1S/C48H80N2O7/c1-3-5-7-9-11-13-15-17-18-19-21-23-25-27-32-36-40-47(54)57-43(37-33-29-26-24-22-20-16-14-12-10-8-6-4-2)38-34-30-28-31-35-39-45(52)49-41-46(53)50-44(42-51)48(55)56/h6,8,12-15,18-20,22,26,29,43-44,51H,3-5,7,9-11,16-17,21,23-25,27-28,30-42H2,1-2H3,(H,49,52)(H,50,53)(H,55,56)/b8-6-,14-12-,15-13-,19-18-,22-20-,29-26-. The fourth-order valence-corrected chi connectivity index (χ4v) is 6.03. The lowest BCUT2D eigenvalue weighted by Crippen LogP contribution is -2.47. The Morgan fingerprint density at radius 1 is 0.544 bits per heavy atom. The van der Waals surface area contributed by atoms with Gasteiger partial charge in [0.05, 0.1) is 13.2 Å². The predicted molar refractivity (Wildman–Crippen MR) is 236 cm³/mol. The quantitative estimate of drug-likeness (QED) is 0.0276. The van der Waals surface area contributed by atoms with Crippen LogP contribution in [-0.2, 0) is 23.9 Å². The molecule has 2 unspecified atom stereocenters. The van der Waals surface area contributed by atoms with Crippen LogP contribution in [0.2, 0.25) is 0 Å². The maximum Gasteiger partial charge on any atom is 0.328 e. The number of hydrogen-bond donors (Lipinski definition) is 4. The minimum Gasteiger partial charge on any atom is -0.480 e. The molecule has 0 saturated heterocycles. The van der Waals surface area contributed by atoms with Crippen molar-refractivity contribution in [2.24, 2.45) is 0 Å². The number of carbonyl (C=O) groups is 4. The highest BCUT2D eigenvalue weighted by Gasteiger charge is 2.19. The first-order chi connectivity index (χ1) is 27.8. The van der Waals surface area contributed by atoms with Crippen LogP contribution in [0.25, 0.3) is 0 Å². The minimum atomic E-state index is -1.39. The number of allylic oxidation sites excluding steroid dienone is 12. The van der Waals surface area contributed by atoms with E-state index in [9.17, 15) is 19.2 Å². The number of esters is 1. The van der Waals surface area contributed by atoms with Crippen molar-refractivity contribution in [2.45, 2.75) is 193 Å². The van der Waals surface area contributed by atoms with Crippen LogP contribution in [0, 0.1) is 0 Å². The number of hydrogen-bond acceptors (Lipinski definition) is 6. The smallest absolute Gasteiger partial charge is 0.328 e. The maximum absolute atomic E-state index is 12.8. The molecule has 2 amide bonds. The molecular formula is C48H80N2O7. The summed E-state index contributed by atoms with van der Waals surface area (Å²) in [7, 11) is 0. The number of carboxylic acid groups (broad SMARTS) is 1. The number of aliphatic hydroxyl groups is 1. The predicted octanol–water partition coefficient (Wildman–Crippen LogP) is 11.1. The van der Waals surface area contributed by atoms with E-state index < -0.39 is 24.5 Å². The van der Waals surface area contributed by atoms with Crippen LogP contribution in [0.5, 0.6) is 0 Å². The maximum atomic E-state index is 12.8. The van der Waals surface area contributed by atoms with E-state index in [-0.39, 0.29) is 30.9 Å². The molecule has 9 heteroatoms. The Labute approximate surface area is 346 Å². The average Bonchev–Trinajstić information content (AvgIpc) is 3.20. The summed E-state index contributed by atoms with van der Waals surface area (Å²) in [5.41, 5.74) is 0. The van der Waals surface area contributed by atoms with Gasteiger partial charge in [-0.1, -0.05) is 145 Å². The van der Waals surface area contributed by atoms with Crippen LogP contribution in [0.4, 0.5) is 0 Å². The third-order valence-corrected chi connectivity index (χ3v) is 9.45. The fourth-order valence-electron chi connectivity index (χ4n) is 6.03. The van der Waals surface area contributed by atoms with E-state index in [1.165, 1.54) is 44.9 Å². The second-order valence-electron chi connectivity index (χ2n) is 14.7. The van der Waals surface area contributed by atoms with E-state index in [1.807, 2.05) is 0 Å². The molecule has 0 aromatic rings. The molecule has 0 aliphatic rings. The first-order valence-electron chi connectivity index (χ1n) is 22.3. The monoisotopic (exact) mass is 797 g/mol. The summed E-state index contributed by atoms with van der Waals surface area (Å²) in [6.45, 7) is 3.33. The van der Waals surface area contributed by atoms with E-state index in [0.29, 0.717) is 12.8 Å². The van der Waals surface area contributed by atoms with Gasteiger partial charge in [-0.2, -0.15) is 0 Å². The van der Waals surface area contributed by atoms with Crippen molar-refractivity contribution < 1.29 is 34.1 Å². The number of nitrogens with one attached hydrogen (secondary N) is 2. The molecule has 0 aliphatic heterocycles. The van der Waals surface area contributed by atoms with Gasteiger partial charge in [-0.05, 0) is 96.3 Å². The highest BCUT2D eigenvalue weighted by Crippen LogP contribution is 2.17. The summed E-state index contributed by atoms with van der Waals surface area (Å²) < 4.78 is 5.99. The second-order valence-corrected chi connectivity index (χ2v) is 14.7. The number of ether oxygens (including phenoxy) is 1. The lowest BCUT2D eigenvalue weighted by molar-refractivity contribution is -0.150. The van der Waals surface area contributed by atoms with Crippen molar-refractivity contribution in [1.29, 1.82) is 0 Å². The van der Waals surface area contributed by atoms with Crippen LogP contribution < -0.4 is 10.6 Å². The molecule has 0 spiro atoms. The van der Waals surface area contributed by atoms with E-state index >= 15 is 0 Å². The van der Waals surface area contributed by atoms with E-state index in [4.69, 9.17) is 14.9 Å².